The number of aromatic nitrogens is 3. The van der Waals surface area contributed by atoms with Crippen molar-refractivity contribution in [2.75, 3.05) is 0 Å². The molecule has 0 aliphatic heterocycles. The maximum absolute atomic E-state index is 2.92. The first-order valence-electron chi connectivity index (χ1n) is 22.4. The molecule has 0 saturated carbocycles. The molecule has 1 aliphatic rings. The van der Waals surface area contributed by atoms with E-state index in [1.165, 1.54) is 91.9 Å². The van der Waals surface area contributed by atoms with Crippen molar-refractivity contribution in [2.24, 2.45) is 0 Å². The van der Waals surface area contributed by atoms with Gasteiger partial charge >= 0.3 is 0 Å². The third kappa shape index (κ3) is 5.33. The van der Waals surface area contributed by atoms with Crippen LogP contribution in [0.25, 0.3) is 82.5 Å². The van der Waals surface area contributed by atoms with Crippen molar-refractivity contribution in [3.63, 3.8) is 0 Å². The summed E-state index contributed by atoms with van der Waals surface area (Å²) >= 11 is 0. The van der Waals surface area contributed by atoms with E-state index in [-0.39, 0.29) is 0 Å². The number of benzene rings is 9. The van der Waals surface area contributed by atoms with Gasteiger partial charge < -0.3 is 13.7 Å². The molecule has 0 amide bonds. The van der Waals surface area contributed by atoms with Crippen LogP contribution in [0.1, 0.15) is 12.8 Å². The Hall–Kier alpha value is -7.92. The van der Waals surface area contributed by atoms with E-state index in [1.54, 1.807) is 0 Å². The molecule has 3 aromatic heterocycles. The van der Waals surface area contributed by atoms with Gasteiger partial charge in [0.1, 0.15) is 0 Å². The fraction of sp³-hybridized carbons (Fsp3) is 0.0333. The minimum atomic E-state index is -2.92. The van der Waals surface area contributed by atoms with Crippen molar-refractivity contribution in [3.8, 4) is 11.4 Å². The van der Waals surface area contributed by atoms with E-state index in [1.807, 2.05) is 0 Å². The lowest BCUT2D eigenvalue weighted by Gasteiger charge is -2.34. The maximum atomic E-state index is 2.53. The zero-order valence-electron chi connectivity index (χ0n) is 35.3. The highest BCUT2D eigenvalue weighted by atomic mass is 28.3. The van der Waals surface area contributed by atoms with Crippen molar-refractivity contribution < 1.29 is 0 Å². The molecule has 0 spiro atoms. The van der Waals surface area contributed by atoms with E-state index in [0.717, 1.165) is 24.2 Å². The molecule has 0 bridgehead atoms. The highest BCUT2D eigenvalue weighted by Crippen LogP contribution is 2.42. The summed E-state index contributed by atoms with van der Waals surface area (Å²) in [5.74, 6) is 0. The largest absolute Gasteiger partial charge is 0.310 e. The quantitative estimate of drug-likeness (QED) is 0.112. The molecule has 13 rings (SSSR count). The summed E-state index contributed by atoms with van der Waals surface area (Å²) in [6.07, 6.45) is 9.15. The van der Waals surface area contributed by atoms with Crippen LogP contribution in [-0.2, 0) is 0 Å². The van der Waals surface area contributed by atoms with Gasteiger partial charge in [0.2, 0.25) is 0 Å². The summed E-state index contributed by atoms with van der Waals surface area (Å²) in [6.45, 7) is 0. The Kier molecular flexibility index (Phi) is 8.37. The minimum Gasteiger partial charge on any atom is -0.310 e. The highest BCUT2D eigenvalue weighted by Gasteiger charge is 2.42. The summed E-state index contributed by atoms with van der Waals surface area (Å²) in [5, 5.41) is 13.0. The van der Waals surface area contributed by atoms with Gasteiger partial charge in [0, 0.05) is 49.4 Å². The zero-order chi connectivity index (χ0) is 42.2. The standard InChI is InChI=1S/C60H43N3Si/c1-5-19-42(20-6-1)62-54-30-16-13-27-49(54)51-38-37-48(41-58(51)62)64(45-23-9-3-10-24-45,46-25-11-4-12-26-46)47-35-33-44(34-36-47)61-56-32-18-15-29-53(56)59-57(61)40-39-52-50-28-14-17-31-55(50)63(60(52)59)43-21-7-2-8-22-43/h2-5,7-41H,1,6H2. The molecule has 3 nitrogen and oxygen atoms in total. The Morgan fingerprint density at radius 1 is 0.328 bits per heavy atom. The van der Waals surface area contributed by atoms with Gasteiger partial charge in [0.15, 0.2) is 8.07 Å². The van der Waals surface area contributed by atoms with Gasteiger partial charge in [0.05, 0.1) is 33.1 Å². The SMILES string of the molecule is C1=CC(n2c3ccccc3c3ccc([Si](c4ccccc4)(c4ccccc4)c4ccc(-n5c6ccccc6c6c5ccc5c7ccccc7n(-c7ccccc7)c56)cc4)cc32)=CCC1. The van der Waals surface area contributed by atoms with Gasteiger partial charge in [-0.05, 0) is 94.3 Å². The average Bonchev–Trinajstić information content (AvgIpc) is 4.01. The lowest BCUT2D eigenvalue weighted by atomic mass is 10.1. The Labute approximate surface area is 372 Å². The first kappa shape index (κ1) is 36.7. The topological polar surface area (TPSA) is 14.8 Å². The van der Waals surface area contributed by atoms with Crippen LogP contribution in [-0.4, -0.2) is 21.8 Å². The minimum absolute atomic E-state index is 1.05. The third-order valence-corrected chi connectivity index (χ3v) is 18.6. The normalized spacial score (nSPS) is 13.2. The van der Waals surface area contributed by atoms with Crippen LogP contribution in [0, 0.1) is 0 Å². The fourth-order valence-electron chi connectivity index (χ4n) is 11.1. The van der Waals surface area contributed by atoms with E-state index in [2.05, 4.69) is 250 Å². The monoisotopic (exact) mass is 833 g/mol. The van der Waals surface area contributed by atoms with Crippen molar-refractivity contribution in [3.05, 3.63) is 237 Å². The number of hydrogen-bond donors (Lipinski definition) is 0. The molecule has 12 aromatic rings. The third-order valence-electron chi connectivity index (χ3n) is 13.8. The lowest BCUT2D eigenvalue weighted by Crippen LogP contribution is -2.74. The fourth-order valence-corrected chi connectivity index (χ4v) is 15.9. The second-order valence-electron chi connectivity index (χ2n) is 17.1. The van der Waals surface area contributed by atoms with E-state index in [4.69, 9.17) is 0 Å². The van der Waals surface area contributed by atoms with Crippen molar-refractivity contribution in [1.82, 2.24) is 13.7 Å². The Balaban J connectivity index is 1.07. The molecule has 0 unspecified atom stereocenters. The van der Waals surface area contributed by atoms with Crippen LogP contribution in [0.5, 0.6) is 0 Å². The molecule has 4 heteroatoms. The van der Waals surface area contributed by atoms with Gasteiger partial charge in [-0.2, -0.15) is 0 Å². The number of fused-ring (bicyclic) bond motifs is 10. The predicted molar refractivity (Wildman–Crippen MR) is 274 cm³/mol. The molecule has 0 atom stereocenters. The summed E-state index contributed by atoms with van der Waals surface area (Å²) in [7, 11) is -2.92. The number of rotatable bonds is 7. The summed E-state index contributed by atoms with van der Waals surface area (Å²) in [4.78, 5) is 0. The van der Waals surface area contributed by atoms with Gasteiger partial charge in [-0.15, -0.1) is 0 Å². The smallest absolute Gasteiger partial charge is 0.179 e. The summed E-state index contributed by atoms with van der Waals surface area (Å²) in [5.41, 5.74) is 10.9. The first-order chi connectivity index (χ1) is 31.8. The van der Waals surface area contributed by atoms with Gasteiger partial charge in [0.25, 0.3) is 0 Å². The Morgan fingerprint density at radius 2 is 0.828 bits per heavy atom. The molecular formula is C60H43N3Si. The molecule has 3 heterocycles. The number of allylic oxidation sites excluding steroid dienone is 4. The maximum Gasteiger partial charge on any atom is 0.179 e. The summed E-state index contributed by atoms with van der Waals surface area (Å²) in [6, 6.07) is 81.8. The van der Waals surface area contributed by atoms with Crippen LogP contribution < -0.4 is 20.7 Å². The van der Waals surface area contributed by atoms with Gasteiger partial charge in [-0.1, -0.05) is 176 Å². The molecule has 9 aromatic carbocycles. The van der Waals surface area contributed by atoms with Crippen LogP contribution in [0.4, 0.5) is 0 Å². The number of nitrogens with zero attached hydrogens (tertiary/aromatic N) is 3. The number of para-hydroxylation sites is 4. The van der Waals surface area contributed by atoms with Crippen molar-refractivity contribution in [2.45, 2.75) is 12.8 Å². The molecule has 64 heavy (non-hydrogen) atoms. The summed E-state index contributed by atoms with van der Waals surface area (Å²) < 4.78 is 7.44. The van der Waals surface area contributed by atoms with Crippen LogP contribution in [0.2, 0.25) is 0 Å². The van der Waals surface area contributed by atoms with E-state index in [0.29, 0.717) is 0 Å². The van der Waals surface area contributed by atoms with E-state index < -0.39 is 8.07 Å². The Morgan fingerprint density at radius 3 is 1.48 bits per heavy atom. The second-order valence-corrected chi connectivity index (χ2v) is 20.9. The van der Waals surface area contributed by atoms with Gasteiger partial charge in [-0.25, -0.2) is 0 Å². The van der Waals surface area contributed by atoms with Crippen molar-refractivity contribution in [1.29, 1.82) is 0 Å². The predicted octanol–water partition coefficient (Wildman–Crippen LogP) is 12.6. The number of hydrogen-bond acceptors (Lipinski definition) is 0. The zero-order valence-corrected chi connectivity index (χ0v) is 36.3. The van der Waals surface area contributed by atoms with Crippen LogP contribution in [0.3, 0.4) is 0 Å². The Bertz CT molecular complexity index is 3770. The van der Waals surface area contributed by atoms with Crippen LogP contribution >= 0.6 is 0 Å². The second kappa shape index (κ2) is 14.6. The molecular weight excluding hydrogens is 791 g/mol. The van der Waals surface area contributed by atoms with Crippen LogP contribution in [0.15, 0.2) is 237 Å². The van der Waals surface area contributed by atoms with Crippen molar-refractivity contribution >= 4 is 99.9 Å². The molecule has 0 fully saturated rings. The molecule has 302 valence electrons. The molecule has 0 N–H and O–H groups in total. The molecule has 0 radical (unpaired) electrons. The van der Waals surface area contributed by atoms with Gasteiger partial charge in [-0.3, -0.25) is 0 Å². The lowest BCUT2D eigenvalue weighted by molar-refractivity contribution is 1.02. The van der Waals surface area contributed by atoms with E-state index in [9.17, 15) is 0 Å². The van der Waals surface area contributed by atoms with E-state index >= 15 is 0 Å². The molecule has 0 saturated heterocycles. The first-order valence-corrected chi connectivity index (χ1v) is 24.4. The molecule has 1 aliphatic carbocycles. The average molecular weight is 834 g/mol. The highest BCUT2D eigenvalue weighted by molar-refractivity contribution is 7.20.